The second kappa shape index (κ2) is 6.45. The van der Waals surface area contributed by atoms with Crippen LogP contribution >= 0.6 is 0 Å². The number of sulfonamides is 1. The molecule has 1 atom stereocenters. The molecule has 0 saturated carbocycles. The lowest BCUT2D eigenvalue weighted by Gasteiger charge is -2.31. The SMILES string of the molecule is CCn1ncc(S(=O)(=O)N2CCC[C@@H](Cc3ccn[nH]3)C2)c1C. The van der Waals surface area contributed by atoms with Crippen molar-refractivity contribution in [1.82, 2.24) is 24.3 Å². The highest BCUT2D eigenvalue weighted by Gasteiger charge is 2.32. The molecular weight excluding hydrogens is 314 g/mol. The molecule has 0 spiro atoms. The van der Waals surface area contributed by atoms with Crippen molar-refractivity contribution in [3.8, 4) is 0 Å². The van der Waals surface area contributed by atoms with Crippen molar-refractivity contribution in [3.63, 3.8) is 0 Å². The van der Waals surface area contributed by atoms with Crippen LogP contribution in [0.4, 0.5) is 0 Å². The number of hydrogen-bond acceptors (Lipinski definition) is 4. The minimum atomic E-state index is -3.47. The standard InChI is InChI=1S/C15H23N5O2S/c1-3-20-12(2)15(10-17-20)23(21,22)19-8-4-5-13(11-19)9-14-6-7-16-18-14/h6-7,10,13H,3-5,8-9,11H2,1-2H3,(H,16,18)/t13-/m0/s1. The van der Waals surface area contributed by atoms with E-state index in [9.17, 15) is 8.42 Å². The third kappa shape index (κ3) is 3.18. The number of aromatic nitrogens is 4. The predicted octanol–water partition coefficient (Wildman–Crippen LogP) is 1.58. The van der Waals surface area contributed by atoms with E-state index in [1.807, 2.05) is 19.9 Å². The molecular formula is C15H23N5O2S. The maximum absolute atomic E-state index is 12.9. The first-order valence-corrected chi connectivity index (χ1v) is 9.47. The van der Waals surface area contributed by atoms with Crippen LogP contribution in [0, 0.1) is 12.8 Å². The Morgan fingerprint density at radius 3 is 2.91 bits per heavy atom. The largest absolute Gasteiger partial charge is 0.283 e. The molecule has 1 aliphatic heterocycles. The van der Waals surface area contributed by atoms with Crippen molar-refractivity contribution in [2.24, 2.45) is 5.92 Å². The van der Waals surface area contributed by atoms with Gasteiger partial charge in [0.05, 0.1) is 11.9 Å². The zero-order valence-electron chi connectivity index (χ0n) is 13.6. The van der Waals surface area contributed by atoms with Gasteiger partial charge in [0.15, 0.2) is 0 Å². The smallest absolute Gasteiger partial charge is 0.246 e. The van der Waals surface area contributed by atoms with E-state index in [1.165, 1.54) is 6.20 Å². The summed E-state index contributed by atoms with van der Waals surface area (Å²) in [7, 11) is -3.47. The molecule has 0 aromatic carbocycles. The molecule has 2 aromatic heterocycles. The lowest BCUT2D eigenvalue weighted by molar-refractivity contribution is 0.264. The number of piperidine rings is 1. The molecule has 0 radical (unpaired) electrons. The Labute approximate surface area is 136 Å². The van der Waals surface area contributed by atoms with Gasteiger partial charge in [-0.3, -0.25) is 9.78 Å². The average molecular weight is 337 g/mol. The summed E-state index contributed by atoms with van der Waals surface area (Å²) in [5.74, 6) is 0.320. The van der Waals surface area contributed by atoms with E-state index in [0.717, 1.165) is 25.0 Å². The molecule has 1 saturated heterocycles. The molecule has 1 aliphatic rings. The van der Waals surface area contributed by atoms with Crippen LogP contribution in [0.1, 0.15) is 31.2 Å². The van der Waals surface area contributed by atoms with E-state index in [-0.39, 0.29) is 0 Å². The van der Waals surface area contributed by atoms with Gasteiger partial charge in [-0.15, -0.1) is 0 Å². The summed E-state index contributed by atoms with van der Waals surface area (Å²) in [5, 5.41) is 11.1. The van der Waals surface area contributed by atoms with Gasteiger partial charge in [0.2, 0.25) is 10.0 Å². The van der Waals surface area contributed by atoms with Crippen LogP contribution in [-0.2, 0) is 23.0 Å². The number of aromatic amines is 1. The molecule has 1 N–H and O–H groups in total. The second-order valence-corrected chi connectivity index (χ2v) is 7.97. The van der Waals surface area contributed by atoms with Crippen LogP contribution in [0.15, 0.2) is 23.4 Å². The highest BCUT2D eigenvalue weighted by atomic mass is 32.2. The Balaban J connectivity index is 1.78. The van der Waals surface area contributed by atoms with Crippen molar-refractivity contribution >= 4 is 10.0 Å². The lowest BCUT2D eigenvalue weighted by atomic mass is 9.95. The highest BCUT2D eigenvalue weighted by molar-refractivity contribution is 7.89. The summed E-state index contributed by atoms with van der Waals surface area (Å²) in [4.78, 5) is 0.335. The van der Waals surface area contributed by atoms with Gasteiger partial charge in [0, 0.05) is 31.5 Å². The van der Waals surface area contributed by atoms with Gasteiger partial charge >= 0.3 is 0 Å². The number of rotatable bonds is 5. The monoisotopic (exact) mass is 337 g/mol. The van der Waals surface area contributed by atoms with Crippen molar-refractivity contribution in [1.29, 1.82) is 0 Å². The van der Waals surface area contributed by atoms with Gasteiger partial charge in [-0.05, 0) is 45.1 Å². The van der Waals surface area contributed by atoms with Crippen molar-refractivity contribution < 1.29 is 8.42 Å². The molecule has 0 amide bonds. The third-order valence-corrected chi connectivity index (χ3v) is 6.49. The minimum Gasteiger partial charge on any atom is -0.283 e. The number of hydrogen-bond donors (Lipinski definition) is 1. The van der Waals surface area contributed by atoms with Gasteiger partial charge in [-0.2, -0.15) is 14.5 Å². The summed E-state index contributed by atoms with van der Waals surface area (Å²) < 4.78 is 29.2. The van der Waals surface area contributed by atoms with Gasteiger partial charge in [0.1, 0.15) is 4.90 Å². The molecule has 126 valence electrons. The number of H-pyrrole nitrogens is 1. The zero-order chi connectivity index (χ0) is 16.4. The first-order chi connectivity index (χ1) is 11.0. The number of nitrogens with zero attached hydrogens (tertiary/aromatic N) is 4. The van der Waals surface area contributed by atoms with Crippen LogP contribution < -0.4 is 0 Å². The average Bonchev–Trinajstić information content (AvgIpc) is 3.17. The van der Waals surface area contributed by atoms with Gasteiger partial charge in [-0.25, -0.2) is 8.42 Å². The fraction of sp³-hybridized carbons (Fsp3) is 0.600. The molecule has 1 fully saturated rings. The summed E-state index contributed by atoms with van der Waals surface area (Å²) in [6, 6.07) is 1.95. The Morgan fingerprint density at radius 2 is 2.26 bits per heavy atom. The first-order valence-electron chi connectivity index (χ1n) is 8.03. The van der Waals surface area contributed by atoms with Crippen LogP contribution in [0.5, 0.6) is 0 Å². The Morgan fingerprint density at radius 1 is 1.43 bits per heavy atom. The van der Waals surface area contributed by atoms with Gasteiger partial charge in [0.25, 0.3) is 0 Å². The molecule has 7 nitrogen and oxygen atoms in total. The maximum atomic E-state index is 12.9. The molecule has 0 aliphatic carbocycles. The van der Waals surface area contributed by atoms with Crippen LogP contribution in [-0.4, -0.2) is 45.8 Å². The Hall–Kier alpha value is -1.67. The summed E-state index contributed by atoms with van der Waals surface area (Å²) in [5.41, 5.74) is 1.77. The molecule has 3 heterocycles. The van der Waals surface area contributed by atoms with Crippen molar-refractivity contribution in [2.45, 2.75) is 44.6 Å². The van der Waals surface area contributed by atoms with E-state index in [1.54, 1.807) is 15.2 Å². The Kier molecular flexibility index (Phi) is 4.54. The van der Waals surface area contributed by atoms with E-state index in [4.69, 9.17) is 0 Å². The van der Waals surface area contributed by atoms with E-state index in [2.05, 4.69) is 15.3 Å². The highest BCUT2D eigenvalue weighted by Crippen LogP contribution is 2.27. The molecule has 3 rings (SSSR count). The van der Waals surface area contributed by atoms with Crippen LogP contribution in [0.2, 0.25) is 0 Å². The molecule has 0 unspecified atom stereocenters. The molecule has 0 bridgehead atoms. The third-order valence-electron chi connectivity index (χ3n) is 4.52. The van der Waals surface area contributed by atoms with Gasteiger partial charge < -0.3 is 0 Å². The van der Waals surface area contributed by atoms with E-state index in [0.29, 0.717) is 36.1 Å². The fourth-order valence-corrected chi connectivity index (χ4v) is 4.98. The van der Waals surface area contributed by atoms with Crippen LogP contribution in [0.3, 0.4) is 0 Å². The van der Waals surface area contributed by atoms with E-state index < -0.39 is 10.0 Å². The summed E-state index contributed by atoms with van der Waals surface area (Å²) in [6.07, 6.45) is 5.97. The number of aryl methyl sites for hydroxylation is 1. The Bertz CT molecular complexity index is 751. The van der Waals surface area contributed by atoms with Gasteiger partial charge in [-0.1, -0.05) is 0 Å². The van der Waals surface area contributed by atoms with Crippen LogP contribution in [0.25, 0.3) is 0 Å². The first kappa shape index (κ1) is 16.2. The van der Waals surface area contributed by atoms with Crippen molar-refractivity contribution in [3.05, 3.63) is 29.8 Å². The second-order valence-electron chi connectivity index (χ2n) is 6.07. The van der Waals surface area contributed by atoms with Crippen molar-refractivity contribution in [2.75, 3.05) is 13.1 Å². The molecule has 8 heteroatoms. The molecule has 23 heavy (non-hydrogen) atoms. The maximum Gasteiger partial charge on any atom is 0.246 e. The van der Waals surface area contributed by atoms with E-state index >= 15 is 0 Å². The minimum absolute atomic E-state index is 0.320. The normalized spacial score (nSPS) is 20.0. The zero-order valence-corrected chi connectivity index (χ0v) is 14.4. The lowest BCUT2D eigenvalue weighted by Crippen LogP contribution is -2.40. The summed E-state index contributed by atoms with van der Waals surface area (Å²) >= 11 is 0. The fourth-order valence-electron chi connectivity index (χ4n) is 3.26. The summed E-state index contributed by atoms with van der Waals surface area (Å²) in [6.45, 7) is 5.58. The quantitative estimate of drug-likeness (QED) is 0.898. The molecule has 2 aromatic rings. The number of nitrogens with one attached hydrogen (secondary N) is 1. The predicted molar refractivity (Wildman–Crippen MR) is 86.4 cm³/mol. The topological polar surface area (TPSA) is 83.9 Å².